The second-order valence-corrected chi connectivity index (χ2v) is 8.83. The quantitative estimate of drug-likeness (QED) is 0.821. The van der Waals surface area contributed by atoms with Crippen LogP contribution in [-0.2, 0) is 21.1 Å². The summed E-state index contributed by atoms with van der Waals surface area (Å²) < 4.78 is 34.0. The van der Waals surface area contributed by atoms with Gasteiger partial charge in [-0.05, 0) is 42.3 Å². The van der Waals surface area contributed by atoms with Gasteiger partial charge in [0.2, 0.25) is 5.91 Å². The van der Waals surface area contributed by atoms with Crippen molar-refractivity contribution < 1.29 is 22.7 Å². The molecular weight excluding hydrogens is 390 g/mol. The third kappa shape index (κ3) is 4.73. The topological polar surface area (TPSA) is 81.7 Å². The third-order valence-electron chi connectivity index (χ3n) is 4.21. The first-order chi connectivity index (χ1) is 12.7. The molecule has 1 N–H and O–H groups in total. The van der Waals surface area contributed by atoms with E-state index in [0.29, 0.717) is 29.7 Å². The largest absolute Gasteiger partial charge is 0.486 e. The Morgan fingerprint density at radius 3 is 2.52 bits per heavy atom. The fraction of sp³-hybridized carbons (Fsp3) is 0.316. The van der Waals surface area contributed by atoms with Crippen LogP contribution in [0, 0.1) is 0 Å². The van der Waals surface area contributed by atoms with Crippen LogP contribution in [0.1, 0.15) is 24.1 Å². The zero-order valence-electron chi connectivity index (χ0n) is 15.0. The number of hydrogen-bond acceptors (Lipinski definition) is 5. The minimum Gasteiger partial charge on any atom is -0.486 e. The summed E-state index contributed by atoms with van der Waals surface area (Å²) in [4.78, 5) is 12.6. The van der Waals surface area contributed by atoms with Crippen LogP contribution in [0.4, 0.5) is 0 Å². The number of ether oxygens (including phenoxy) is 2. The van der Waals surface area contributed by atoms with Gasteiger partial charge in [0, 0.05) is 6.26 Å². The van der Waals surface area contributed by atoms with Crippen molar-refractivity contribution in [2.75, 3.05) is 19.5 Å². The van der Waals surface area contributed by atoms with E-state index in [1.54, 1.807) is 24.3 Å². The highest BCUT2D eigenvalue weighted by Crippen LogP contribution is 2.38. The average molecular weight is 410 g/mol. The Balaban J connectivity index is 1.66. The molecule has 0 saturated carbocycles. The highest BCUT2D eigenvalue weighted by atomic mass is 35.5. The molecule has 8 heteroatoms. The number of amides is 1. The van der Waals surface area contributed by atoms with Crippen LogP contribution >= 0.6 is 11.6 Å². The first-order valence-electron chi connectivity index (χ1n) is 8.41. The van der Waals surface area contributed by atoms with Crippen LogP contribution in [0.25, 0.3) is 0 Å². The number of rotatable bonds is 5. The zero-order chi connectivity index (χ0) is 19.6. The zero-order valence-corrected chi connectivity index (χ0v) is 16.6. The number of nitrogens with one attached hydrogen (secondary N) is 1. The normalized spacial score (nSPS) is 14.5. The Labute approximate surface area is 163 Å². The van der Waals surface area contributed by atoms with Crippen molar-refractivity contribution in [1.29, 1.82) is 0 Å². The molecule has 0 fully saturated rings. The van der Waals surface area contributed by atoms with Gasteiger partial charge in [-0.15, -0.1) is 0 Å². The van der Waals surface area contributed by atoms with Crippen molar-refractivity contribution in [3.63, 3.8) is 0 Å². The Bertz CT molecular complexity index is 957. The van der Waals surface area contributed by atoms with E-state index < -0.39 is 9.84 Å². The number of carbonyl (C=O) groups excluding carboxylic acids is 1. The van der Waals surface area contributed by atoms with E-state index in [1.807, 2.05) is 6.92 Å². The molecule has 27 heavy (non-hydrogen) atoms. The summed E-state index contributed by atoms with van der Waals surface area (Å²) >= 11 is 6.20. The summed E-state index contributed by atoms with van der Waals surface area (Å²) in [6.07, 6.45) is 1.30. The molecule has 1 atom stereocenters. The summed E-state index contributed by atoms with van der Waals surface area (Å²) in [5, 5.41) is 3.31. The number of sulfone groups is 1. The third-order valence-corrected chi connectivity index (χ3v) is 5.62. The second-order valence-electron chi connectivity index (χ2n) is 6.41. The maximum absolute atomic E-state index is 12.4. The second kappa shape index (κ2) is 7.78. The molecule has 0 unspecified atom stereocenters. The van der Waals surface area contributed by atoms with Gasteiger partial charge in [0.25, 0.3) is 0 Å². The number of halogens is 1. The van der Waals surface area contributed by atoms with Gasteiger partial charge in [0.1, 0.15) is 13.2 Å². The first-order valence-corrected chi connectivity index (χ1v) is 10.7. The molecule has 0 aromatic heterocycles. The maximum atomic E-state index is 12.4. The summed E-state index contributed by atoms with van der Waals surface area (Å²) in [6, 6.07) is 9.65. The van der Waals surface area contributed by atoms with Crippen molar-refractivity contribution in [3.05, 3.63) is 52.5 Å². The van der Waals surface area contributed by atoms with Crippen LogP contribution in [0.15, 0.2) is 41.3 Å². The van der Waals surface area contributed by atoms with Crippen LogP contribution in [0.3, 0.4) is 0 Å². The molecule has 144 valence electrons. The molecule has 3 rings (SSSR count). The Hall–Kier alpha value is -2.25. The molecule has 1 aliphatic rings. The lowest BCUT2D eigenvalue weighted by atomic mass is 10.1. The number of benzene rings is 2. The average Bonchev–Trinajstić information content (AvgIpc) is 2.61. The lowest BCUT2D eigenvalue weighted by Gasteiger charge is -2.20. The van der Waals surface area contributed by atoms with Gasteiger partial charge in [0.05, 0.1) is 22.4 Å². The lowest BCUT2D eigenvalue weighted by Crippen LogP contribution is -2.28. The van der Waals surface area contributed by atoms with Crippen molar-refractivity contribution in [3.8, 4) is 11.5 Å². The molecule has 2 aromatic rings. The van der Waals surface area contributed by atoms with Gasteiger partial charge in [-0.3, -0.25) is 4.79 Å². The highest BCUT2D eigenvalue weighted by molar-refractivity contribution is 7.90. The minimum absolute atomic E-state index is 0.141. The molecule has 0 bridgehead atoms. The fourth-order valence-corrected chi connectivity index (χ4v) is 3.75. The van der Waals surface area contributed by atoms with E-state index in [-0.39, 0.29) is 23.3 Å². The lowest BCUT2D eigenvalue weighted by molar-refractivity contribution is -0.121. The number of fused-ring (bicyclic) bond motifs is 1. The smallest absolute Gasteiger partial charge is 0.224 e. The predicted molar refractivity (Wildman–Crippen MR) is 102 cm³/mol. The molecule has 0 saturated heterocycles. The Morgan fingerprint density at radius 2 is 1.85 bits per heavy atom. The van der Waals surface area contributed by atoms with Gasteiger partial charge in [-0.25, -0.2) is 8.42 Å². The summed E-state index contributed by atoms with van der Waals surface area (Å²) in [5.74, 6) is 0.870. The molecular formula is C19H20ClNO5S. The molecule has 1 aliphatic heterocycles. The minimum atomic E-state index is -3.24. The van der Waals surface area contributed by atoms with E-state index in [4.69, 9.17) is 21.1 Å². The van der Waals surface area contributed by atoms with Crippen molar-refractivity contribution in [2.24, 2.45) is 0 Å². The maximum Gasteiger partial charge on any atom is 0.224 e. The van der Waals surface area contributed by atoms with Gasteiger partial charge >= 0.3 is 0 Å². The summed E-state index contributed by atoms with van der Waals surface area (Å²) in [5.41, 5.74) is 1.54. The van der Waals surface area contributed by atoms with Crippen molar-refractivity contribution >= 4 is 27.3 Å². The molecule has 1 heterocycles. The van der Waals surface area contributed by atoms with E-state index in [2.05, 4.69) is 5.32 Å². The van der Waals surface area contributed by atoms with E-state index in [1.165, 1.54) is 12.1 Å². The predicted octanol–water partition coefficient (Wildman–Crippen LogP) is 2.93. The molecule has 0 spiro atoms. The van der Waals surface area contributed by atoms with Crippen LogP contribution < -0.4 is 14.8 Å². The molecule has 0 radical (unpaired) electrons. The summed E-state index contributed by atoms with van der Waals surface area (Å²) in [7, 11) is -3.24. The van der Waals surface area contributed by atoms with Crippen molar-refractivity contribution in [1.82, 2.24) is 5.32 Å². The van der Waals surface area contributed by atoms with Gasteiger partial charge in [-0.1, -0.05) is 23.7 Å². The standard InChI is InChI=1S/C19H20ClNO5S/c1-12(14-3-5-15(6-4-14)27(2,23)24)21-18(22)11-13-9-16(20)19-17(10-13)25-7-8-26-19/h3-6,9-10,12H,7-8,11H2,1-2H3,(H,21,22)/t12-/m0/s1. The van der Waals surface area contributed by atoms with Crippen LogP contribution in [-0.4, -0.2) is 33.8 Å². The fourth-order valence-electron chi connectivity index (χ4n) is 2.83. The molecule has 6 nitrogen and oxygen atoms in total. The van der Waals surface area contributed by atoms with E-state index in [0.717, 1.165) is 17.4 Å². The highest BCUT2D eigenvalue weighted by Gasteiger charge is 2.18. The van der Waals surface area contributed by atoms with Crippen LogP contribution in [0.5, 0.6) is 11.5 Å². The molecule has 2 aromatic carbocycles. The SMILES string of the molecule is C[C@H](NC(=O)Cc1cc(Cl)c2c(c1)OCCO2)c1ccc(S(C)(=O)=O)cc1. The Morgan fingerprint density at radius 1 is 1.19 bits per heavy atom. The molecule has 0 aliphatic carbocycles. The van der Waals surface area contributed by atoms with E-state index in [9.17, 15) is 13.2 Å². The van der Waals surface area contributed by atoms with Gasteiger partial charge in [0.15, 0.2) is 21.3 Å². The Kier molecular flexibility index (Phi) is 5.62. The van der Waals surface area contributed by atoms with Crippen molar-refractivity contribution in [2.45, 2.75) is 24.3 Å². The van der Waals surface area contributed by atoms with Gasteiger partial charge < -0.3 is 14.8 Å². The molecule has 1 amide bonds. The van der Waals surface area contributed by atoms with Gasteiger partial charge in [-0.2, -0.15) is 0 Å². The monoisotopic (exact) mass is 409 g/mol. The summed E-state index contributed by atoms with van der Waals surface area (Å²) in [6.45, 7) is 2.73. The number of carbonyl (C=O) groups is 1. The van der Waals surface area contributed by atoms with Crippen LogP contribution in [0.2, 0.25) is 5.02 Å². The first kappa shape index (κ1) is 19.5. The number of hydrogen-bond donors (Lipinski definition) is 1. The van der Waals surface area contributed by atoms with E-state index >= 15 is 0 Å².